The van der Waals surface area contributed by atoms with E-state index in [4.69, 9.17) is 4.74 Å². The van der Waals surface area contributed by atoms with Gasteiger partial charge in [0.2, 0.25) is 5.65 Å². The van der Waals surface area contributed by atoms with E-state index in [0.717, 1.165) is 35.5 Å². The summed E-state index contributed by atoms with van der Waals surface area (Å²) < 4.78 is 8.97. The largest absolute Gasteiger partial charge is 0.494 e. The zero-order chi connectivity index (χ0) is 19.1. The van der Waals surface area contributed by atoms with Crippen LogP contribution in [0, 0.1) is 0 Å². The predicted octanol–water partition coefficient (Wildman–Crippen LogP) is 4.04. The molecule has 2 aromatic heterocycles. The third-order valence-corrected chi connectivity index (χ3v) is 5.34. The minimum atomic E-state index is -0.113. The first-order valence-electron chi connectivity index (χ1n) is 9.69. The van der Waals surface area contributed by atoms with Gasteiger partial charge in [-0.15, -0.1) is 0 Å². The van der Waals surface area contributed by atoms with Crippen LogP contribution in [0.15, 0.2) is 65.8 Å². The van der Waals surface area contributed by atoms with Crippen LogP contribution in [-0.2, 0) is 12.8 Å². The molecule has 0 saturated heterocycles. The number of hydrogen-bond acceptors (Lipinski definition) is 3. The lowest BCUT2D eigenvalue weighted by molar-refractivity contribution is 0.340. The molecule has 4 aromatic rings. The van der Waals surface area contributed by atoms with Crippen LogP contribution in [-0.4, -0.2) is 20.6 Å². The number of rotatable bonds is 4. The minimum absolute atomic E-state index is 0.113. The Morgan fingerprint density at radius 1 is 1.04 bits per heavy atom. The van der Waals surface area contributed by atoms with Crippen molar-refractivity contribution in [3.05, 3.63) is 82.5 Å². The fraction of sp³-hybridized carbons (Fsp3) is 0.217. The molecule has 0 bridgehead atoms. The summed E-state index contributed by atoms with van der Waals surface area (Å²) >= 11 is 0. The molecule has 0 amide bonds. The fourth-order valence-corrected chi connectivity index (χ4v) is 3.92. The summed E-state index contributed by atoms with van der Waals surface area (Å²) in [5.74, 6) is 0.828. The highest BCUT2D eigenvalue weighted by molar-refractivity contribution is 5.63. The molecular formula is C23H21N3O2. The topological polar surface area (TPSA) is 48.5 Å². The molecule has 0 atom stereocenters. The lowest BCUT2D eigenvalue weighted by atomic mass is 10.1. The van der Waals surface area contributed by atoms with Crippen LogP contribution in [0.5, 0.6) is 5.75 Å². The van der Waals surface area contributed by atoms with E-state index in [1.165, 1.54) is 17.5 Å². The van der Waals surface area contributed by atoms with Gasteiger partial charge < -0.3 is 9.14 Å². The summed E-state index contributed by atoms with van der Waals surface area (Å²) in [5.41, 5.74) is 5.69. The predicted molar refractivity (Wildman–Crippen MR) is 109 cm³/mol. The van der Waals surface area contributed by atoms with E-state index < -0.39 is 0 Å². The van der Waals surface area contributed by atoms with Crippen molar-refractivity contribution in [1.82, 2.24) is 14.0 Å². The second-order valence-electron chi connectivity index (χ2n) is 7.09. The van der Waals surface area contributed by atoms with Crippen LogP contribution < -0.4 is 10.3 Å². The van der Waals surface area contributed by atoms with Crippen LogP contribution in [0.25, 0.3) is 22.6 Å². The van der Waals surface area contributed by atoms with Gasteiger partial charge in [0.25, 0.3) is 5.56 Å². The van der Waals surface area contributed by atoms with Crippen LogP contribution in [0.4, 0.5) is 0 Å². The second-order valence-corrected chi connectivity index (χ2v) is 7.09. The zero-order valence-corrected chi connectivity index (χ0v) is 15.8. The summed E-state index contributed by atoms with van der Waals surface area (Å²) in [6.07, 6.45) is 9.00. The first kappa shape index (κ1) is 16.8. The van der Waals surface area contributed by atoms with Crippen LogP contribution in [0.2, 0.25) is 0 Å². The van der Waals surface area contributed by atoms with E-state index in [1.807, 2.05) is 55.8 Å². The van der Waals surface area contributed by atoms with Crippen LogP contribution >= 0.6 is 0 Å². The number of benzene rings is 2. The Balaban J connectivity index is 1.56. The Morgan fingerprint density at radius 3 is 2.68 bits per heavy atom. The molecule has 5 rings (SSSR count). The van der Waals surface area contributed by atoms with Crippen molar-refractivity contribution in [1.29, 1.82) is 0 Å². The van der Waals surface area contributed by atoms with Crippen molar-refractivity contribution in [2.24, 2.45) is 0 Å². The molecule has 0 N–H and O–H groups in total. The Morgan fingerprint density at radius 2 is 1.86 bits per heavy atom. The average Bonchev–Trinajstić information content (AvgIpc) is 3.36. The minimum Gasteiger partial charge on any atom is -0.494 e. The molecule has 0 aliphatic heterocycles. The lowest BCUT2D eigenvalue weighted by Gasteiger charge is -2.08. The number of hydrogen-bond donors (Lipinski definition) is 0. The van der Waals surface area contributed by atoms with Gasteiger partial charge in [0.15, 0.2) is 0 Å². The normalized spacial score (nSPS) is 13.0. The fourth-order valence-electron chi connectivity index (χ4n) is 3.92. The molecule has 0 spiro atoms. The standard InChI is InChI=1S/C23H21N3O2/c1-2-28-20-10-7-17(8-11-20)21-15-25-12-13-26(23(27)22(25)24-21)19-9-6-16-4-3-5-18(16)14-19/h6-15H,2-5H2,1H3. The smallest absolute Gasteiger partial charge is 0.298 e. The molecule has 5 nitrogen and oxygen atoms in total. The van der Waals surface area contributed by atoms with E-state index in [-0.39, 0.29) is 5.56 Å². The summed E-state index contributed by atoms with van der Waals surface area (Å²) in [6, 6.07) is 14.1. The van der Waals surface area contributed by atoms with Gasteiger partial charge in [-0.2, -0.15) is 0 Å². The summed E-state index contributed by atoms with van der Waals surface area (Å²) in [5, 5.41) is 0. The SMILES string of the molecule is CCOc1ccc(-c2cn3ccn(-c4ccc5c(c4)CCC5)c(=O)c3n2)cc1. The van der Waals surface area contributed by atoms with Gasteiger partial charge in [0.1, 0.15) is 5.75 Å². The molecular weight excluding hydrogens is 350 g/mol. The molecule has 140 valence electrons. The van der Waals surface area contributed by atoms with Gasteiger partial charge in [0.05, 0.1) is 12.3 Å². The molecule has 2 heterocycles. The molecule has 28 heavy (non-hydrogen) atoms. The van der Waals surface area contributed by atoms with Crippen molar-refractivity contribution in [2.75, 3.05) is 6.61 Å². The lowest BCUT2D eigenvalue weighted by Crippen LogP contribution is -2.20. The molecule has 0 fully saturated rings. The first-order chi connectivity index (χ1) is 13.7. The van der Waals surface area contributed by atoms with Gasteiger partial charge in [0, 0.05) is 29.8 Å². The molecule has 1 aliphatic carbocycles. The number of aryl methyl sites for hydroxylation is 2. The summed E-state index contributed by atoms with van der Waals surface area (Å²) in [7, 11) is 0. The second kappa shape index (κ2) is 6.68. The zero-order valence-electron chi connectivity index (χ0n) is 15.8. The third-order valence-electron chi connectivity index (χ3n) is 5.34. The highest BCUT2D eigenvalue weighted by Gasteiger charge is 2.14. The van der Waals surface area contributed by atoms with Crippen LogP contribution in [0.1, 0.15) is 24.5 Å². The highest BCUT2D eigenvalue weighted by atomic mass is 16.5. The Hall–Kier alpha value is -3.34. The number of ether oxygens (including phenoxy) is 1. The Kier molecular flexibility index (Phi) is 4.01. The molecule has 0 unspecified atom stereocenters. The molecule has 0 radical (unpaired) electrons. The maximum Gasteiger partial charge on any atom is 0.298 e. The van der Waals surface area contributed by atoms with Gasteiger partial charge >= 0.3 is 0 Å². The van der Waals surface area contributed by atoms with E-state index in [1.54, 1.807) is 8.97 Å². The third kappa shape index (κ3) is 2.80. The molecule has 2 aromatic carbocycles. The van der Waals surface area contributed by atoms with Crippen molar-refractivity contribution >= 4 is 5.65 Å². The van der Waals surface area contributed by atoms with Gasteiger partial charge in [-0.25, -0.2) is 4.98 Å². The first-order valence-corrected chi connectivity index (χ1v) is 9.69. The summed E-state index contributed by atoms with van der Waals surface area (Å²) in [4.78, 5) is 17.7. The number of imidazole rings is 1. The number of fused-ring (bicyclic) bond motifs is 2. The van der Waals surface area contributed by atoms with E-state index >= 15 is 0 Å². The van der Waals surface area contributed by atoms with E-state index in [0.29, 0.717) is 12.3 Å². The van der Waals surface area contributed by atoms with Gasteiger partial charge in [-0.1, -0.05) is 6.07 Å². The average molecular weight is 371 g/mol. The van der Waals surface area contributed by atoms with E-state index in [2.05, 4.69) is 17.1 Å². The van der Waals surface area contributed by atoms with Crippen molar-refractivity contribution < 1.29 is 4.74 Å². The van der Waals surface area contributed by atoms with Crippen molar-refractivity contribution in [3.63, 3.8) is 0 Å². The maximum absolute atomic E-state index is 13.1. The highest BCUT2D eigenvalue weighted by Crippen LogP contribution is 2.25. The molecule has 0 saturated carbocycles. The number of aromatic nitrogens is 3. The molecule has 5 heteroatoms. The van der Waals surface area contributed by atoms with Gasteiger partial charge in [-0.05, 0) is 73.7 Å². The monoisotopic (exact) mass is 371 g/mol. The molecule has 1 aliphatic rings. The van der Waals surface area contributed by atoms with Crippen LogP contribution in [0.3, 0.4) is 0 Å². The Bertz CT molecular complexity index is 1220. The Labute approximate surface area is 162 Å². The van der Waals surface area contributed by atoms with Gasteiger partial charge in [-0.3, -0.25) is 9.36 Å². The quantitative estimate of drug-likeness (QED) is 0.544. The van der Waals surface area contributed by atoms with Crippen molar-refractivity contribution in [3.8, 4) is 22.7 Å². The summed E-state index contributed by atoms with van der Waals surface area (Å²) in [6.45, 7) is 2.60. The maximum atomic E-state index is 13.1. The van der Waals surface area contributed by atoms with Crippen molar-refractivity contribution in [2.45, 2.75) is 26.2 Å². The van der Waals surface area contributed by atoms with E-state index in [9.17, 15) is 4.79 Å². The number of nitrogens with zero attached hydrogens (tertiary/aromatic N) is 3.